The second kappa shape index (κ2) is 11.4. The van der Waals surface area contributed by atoms with Gasteiger partial charge in [0, 0.05) is 6.54 Å². The molecule has 28 heavy (non-hydrogen) atoms. The molecule has 2 atom stereocenters. The van der Waals surface area contributed by atoms with E-state index in [1.165, 1.54) is 34.7 Å². The smallest absolute Gasteiger partial charge is 0.241 e. The molecular formula is C23H41NO3S. The zero-order valence-corrected chi connectivity index (χ0v) is 19.2. The van der Waals surface area contributed by atoms with Gasteiger partial charge in [-0.05, 0) is 44.9 Å². The van der Waals surface area contributed by atoms with Crippen LogP contribution in [-0.4, -0.2) is 30.4 Å². The van der Waals surface area contributed by atoms with Gasteiger partial charge in [0.15, 0.2) is 0 Å². The van der Waals surface area contributed by atoms with E-state index in [0.717, 1.165) is 57.8 Å². The van der Waals surface area contributed by atoms with Crippen molar-refractivity contribution < 1.29 is 13.2 Å². The lowest BCUT2D eigenvalue weighted by atomic mass is 9.79. The number of rotatable bonds is 13. The molecule has 0 N–H and O–H groups in total. The first-order valence-electron chi connectivity index (χ1n) is 11.7. The van der Waals surface area contributed by atoms with Gasteiger partial charge >= 0.3 is 0 Å². The lowest BCUT2D eigenvalue weighted by Gasteiger charge is -2.27. The first kappa shape index (κ1) is 23.4. The van der Waals surface area contributed by atoms with Crippen LogP contribution in [0.2, 0.25) is 0 Å². The van der Waals surface area contributed by atoms with E-state index in [-0.39, 0.29) is 11.8 Å². The predicted octanol–water partition coefficient (Wildman–Crippen LogP) is 5.97. The Morgan fingerprint density at radius 2 is 1.32 bits per heavy atom. The quantitative estimate of drug-likeness (QED) is 0.277. The number of amides is 1. The molecule has 1 heterocycles. The molecule has 2 unspecified atom stereocenters. The number of carbonyl (C=O) groups excluding carboxylic acids is 1. The summed E-state index contributed by atoms with van der Waals surface area (Å²) < 4.78 is 27.5. The Morgan fingerprint density at radius 1 is 0.786 bits per heavy atom. The number of carbonyl (C=O) groups is 1. The molecule has 0 spiro atoms. The summed E-state index contributed by atoms with van der Waals surface area (Å²) in [4.78, 5) is 13.0. The van der Waals surface area contributed by atoms with Crippen molar-refractivity contribution in [2.24, 2.45) is 5.92 Å². The van der Waals surface area contributed by atoms with Crippen LogP contribution in [0.4, 0.5) is 0 Å². The van der Waals surface area contributed by atoms with Crippen molar-refractivity contribution in [1.29, 1.82) is 0 Å². The number of sulfonamides is 1. The molecule has 1 aliphatic carbocycles. The Balaban J connectivity index is 2.05. The van der Waals surface area contributed by atoms with Crippen LogP contribution < -0.4 is 0 Å². The van der Waals surface area contributed by atoms with Gasteiger partial charge in [0.25, 0.3) is 0 Å². The minimum absolute atomic E-state index is 0.123. The van der Waals surface area contributed by atoms with E-state index in [1.807, 2.05) is 0 Å². The van der Waals surface area contributed by atoms with Gasteiger partial charge < -0.3 is 0 Å². The largest absolute Gasteiger partial charge is 0.273 e. The minimum atomic E-state index is -3.49. The minimum Gasteiger partial charge on any atom is -0.273 e. The van der Waals surface area contributed by atoms with E-state index < -0.39 is 15.3 Å². The van der Waals surface area contributed by atoms with Gasteiger partial charge in [-0.2, -0.15) is 0 Å². The third-order valence-corrected chi connectivity index (χ3v) is 8.73. The van der Waals surface area contributed by atoms with Crippen LogP contribution >= 0.6 is 0 Å². The molecule has 1 fully saturated rings. The summed E-state index contributed by atoms with van der Waals surface area (Å²) in [7, 11) is -3.49. The zero-order valence-electron chi connectivity index (χ0n) is 18.3. The lowest BCUT2D eigenvalue weighted by molar-refractivity contribution is -0.129. The van der Waals surface area contributed by atoms with Crippen molar-refractivity contribution in [2.45, 2.75) is 116 Å². The zero-order chi connectivity index (χ0) is 20.6. The first-order valence-corrected chi connectivity index (χ1v) is 13.2. The molecule has 0 radical (unpaired) electrons. The van der Waals surface area contributed by atoms with Crippen molar-refractivity contribution in [3.8, 4) is 0 Å². The molecule has 0 saturated carbocycles. The van der Waals surface area contributed by atoms with Crippen molar-refractivity contribution in [3.05, 3.63) is 11.1 Å². The summed E-state index contributed by atoms with van der Waals surface area (Å²) in [6, 6.07) is 0. The van der Waals surface area contributed by atoms with Gasteiger partial charge in [0.05, 0.1) is 11.2 Å². The third kappa shape index (κ3) is 5.61. The van der Waals surface area contributed by atoms with Gasteiger partial charge in [0.1, 0.15) is 0 Å². The van der Waals surface area contributed by atoms with Crippen molar-refractivity contribution in [3.63, 3.8) is 0 Å². The fraction of sp³-hybridized carbons (Fsp3) is 0.870. The van der Waals surface area contributed by atoms with E-state index in [0.29, 0.717) is 19.4 Å². The fourth-order valence-corrected chi connectivity index (χ4v) is 6.85. The van der Waals surface area contributed by atoms with Crippen LogP contribution in [0.5, 0.6) is 0 Å². The van der Waals surface area contributed by atoms with Crippen molar-refractivity contribution >= 4 is 15.9 Å². The Labute approximate surface area is 173 Å². The SMILES string of the molecule is CCCCCCCCN1C(=O)C2CC(CCCC)=C(CCCC)CC2S1(=O)=O. The van der Waals surface area contributed by atoms with E-state index in [9.17, 15) is 13.2 Å². The van der Waals surface area contributed by atoms with Gasteiger partial charge in [-0.1, -0.05) is 76.9 Å². The molecule has 1 amide bonds. The molecule has 1 saturated heterocycles. The highest BCUT2D eigenvalue weighted by molar-refractivity contribution is 7.90. The number of hydrogen-bond donors (Lipinski definition) is 0. The monoisotopic (exact) mass is 411 g/mol. The van der Waals surface area contributed by atoms with Gasteiger partial charge in [-0.3, -0.25) is 4.79 Å². The van der Waals surface area contributed by atoms with E-state index in [2.05, 4.69) is 20.8 Å². The van der Waals surface area contributed by atoms with Crippen molar-refractivity contribution in [2.75, 3.05) is 6.54 Å². The van der Waals surface area contributed by atoms with Crippen LogP contribution in [0.1, 0.15) is 111 Å². The van der Waals surface area contributed by atoms with E-state index >= 15 is 0 Å². The molecule has 0 aromatic carbocycles. The van der Waals surface area contributed by atoms with Crippen molar-refractivity contribution in [1.82, 2.24) is 4.31 Å². The third-order valence-electron chi connectivity index (χ3n) is 6.49. The summed E-state index contributed by atoms with van der Waals surface area (Å²) in [6.07, 6.45) is 14.4. The maximum absolute atomic E-state index is 13.1. The lowest BCUT2D eigenvalue weighted by Crippen LogP contribution is -2.33. The van der Waals surface area contributed by atoms with Crippen LogP contribution in [0.3, 0.4) is 0 Å². The van der Waals surface area contributed by atoms with Crippen LogP contribution in [0.25, 0.3) is 0 Å². The second-order valence-electron chi connectivity index (χ2n) is 8.69. The topological polar surface area (TPSA) is 54.5 Å². The maximum Gasteiger partial charge on any atom is 0.241 e. The van der Waals surface area contributed by atoms with E-state index in [1.54, 1.807) is 0 Å². The normalized spacial score (nSPS) is 24.1. The highest BCUT2D eigenvalue weighted by Gasteiger charge is 2.53. The Kier molecular flexibility index (Phi) is 9.52. The summed E-state index contributed by atoms with van der Waals surface area (Å²) in [6.45, 7) is 6.94. The average Bonchev–Trinajstić information content (AvgIpc) is 2.86. The highest BCUT2D eigenvalue weighted by atomic mass is 32.2. The number of nitrogens with zero attached hydrogens (tertiary/aromatic N) is 1. The molecule has 2 aliphatic rings. The molecule has 4 nitrogen and oxygen atoms in total. The van der Waals surface area contributed by atoms with Crippen LogP contribution in [-0.2, 0) is 14.8 Å². The van der Waals surface area contributed by atoms with Crippen LogP contribution in [0, 0.1) is 5.92 Å². The Bertz CT molecular complexity index is 638. The van der Waals surface area contributed by atoms with Gasteiger partial charge in [-0.25, -0.2) is 12.7 Å². The molecule has 2 rings (SSSR count). The Morgan fingerprint density at radius 3 is 1.93 bits per heavy atom. The fourth-order valence-electron chi connectivity index (χ4n) is 4.71. The molecule has 1 aliphatic heterocycles. The first-order chi connectivity index (χ1) is 13.5. The molecular weight excluding hydrogens is 370 g/mol. The molecule has 5 heteroatoms. The van der Waals surface area contributed by atoms with Gasteiger partial charge in [0.2, 0.25) is 15.9 Å². The highest BCUT2D eigenvalue weighted by Crippen LogP contribution is 2.44. The second-order valence-corrected chi connectivity index (χ2v) is 10.8. The standard InChI is InChI=1S/C23H41NO3S/c1-4-7-10-11-12-13-16-24-23(25)21-17-19(14-8-5-2)20(15-9-6-3)18-22(21)28(24,26)27/h21-22H,4-18H2,1-3H3. The molecule has 0 aromatic rings. The number of fused-ring (bicyclic) bond motifs is 1. The summed E-state index contributed by atoms with van der Waals surface area (Å²) >= 11 is 0. The predicted molar refractivity (Wildman–Crippen MR) is 117 cm³/mol. The Hall–Kier alpha value is -0.840. The molecule has 0 aromatic heterocycles. The van der Waals surface area contributed by atoms with Crippen LogP contribution in [0.15, 0.2) is 11.1 Å². The average molecular weight is 412 g/mol. The number of hydrogen-bond acceptors (Lipinski definition) is 3. The summed E-state index contributed by atoms with van der Waals surface area (Å²) in [5.74, 6) is -0.454. The number of unbranched alkanes of at least 4 members (excludes halogenated alkanes) is 7. The van der Waals surface area contributed by atoms with E-state index in [4.69, 9.17) is 0 Å². The van der Waals surface area contributed by atoms with Gasteiger partial charge in [-0.15, -0.1) is 0 Å². The molecule has 162 valence electrons. The molecule has 0 bridgehead atoms. The summed E-state index contributed by atoms with van der Waals surface area (Å²) in [5.41, 5.74) is 2.73. The summed E-state index contributed by atoms with van der Waals surface area (Å²) in [5, 5.41) is -0.502. The maximum atomic E-state index is 13.1. The number of allylic oxidation sites excluding steroid dienone is 2.